The lowest BCUT2D eigenvalue weighted by molar-refractivity contribution is 0.0951. The minimum atomic E-state index is -0.122. The van der Waals surface area contributed by atoms with Gasteiger partial charge in [0.05, 0.1) is 0 Å². The Balaban J connectivity index is 1.43. The average Bonchev–Trinajstić information content (AvgIpc) is 3.24. The van der Waals surface area contributed by atoms with Gasteiger partial charge in [-0.15, -0.1) is 10.2 Å². The van der Waals surface area contributed by atoms with Crippen LogP contribution in [-0.4, -0.2) is 16.1 Å². The number of aromatic nitrogens is 2. The Morgan fingerprint density at radius 2 is 1.24 bits per heavy atom. The molecule has 0 fully saturated rings. The zero-order valence-corrected chi connectivity index (χ0v) is 16.3. The number of carbonyl (C=O) groups excluding carboxylic acids is 1. The molecule has 4 rings (SSSR count). The molecule has 0 aliphatic heterocycles. The minimum absolute atomic E-state index is 0.122. The van der Waals surface area contributed by atoms with E-state index in [9.17, 15) is 4.79 Å². The molecule has 0 atom stereocenters. The van der Waals surface area contributed by atoms with Crippen molar-refractivity contribution in [3.05, 3.63) is 95.1 Å². The van der Waals surface area contributed by atoms with Crippen LogP contribution >= 0.6 is 0 Å². The maximum Gasteiger partial charge on any atom is 0.251 e. The van der Waals surface area contributed by atoms with Crippen molar-refractivity contribution in [3.63, 3.8) is 0 Å². The number of nitrogens with one attached hydrogen (secondary N) is 1. The molecule has 4 aromatic rings. The molecule has 144 valence electrons. The fourth-order valence-corrected chi connectivity index (χ4v) is 2.91. The van der Waals surface area contributed by atoms with E-state index in [1.165, 1.54) is 11.1 Å². The summed E-state index contributed by atoms with van der Waals surface area (Å²) in [5.74, 6) is 0.773. The van der Waals surface area contributed by atoms with Crippen LogP contribution in [-0.2, 0) is 6.54 Å². The van der Waals surface area contributed by atoms with Gasteiger partial charge in [0, 0.05) is 23.2 Å². The third-order valence-corrected chi connectivity index (χ3v) is 4.69. The van der Waals surface area contributed by atoms with Gasteiger partial charge in [0.1, 0.15) is 0 Å². The van der Waals surface area contributed by atoms with Crippen molar-refractivity contribution in [3.8, 4) is 22.9 Å². The van der Waals surface area contributed by atoms with Crippen molar-refractivity contribution < 1.29 is 9.21 Å². The van der Waals surface area contributed by atoms with E-state index in [0.29, 0.717) is 23.9 Å². The largest absolute Gasteiger partial charge is 0.416 e. The van der Waals surface area contributed by atoms with Crippen LogP contribution in [0.5, 0.6) is 0 Å². The molecule has 1 aromatic heterocycles. The first-order valence-corrected chi connectivity index (χ1v) is 9.43. The molecule has 1 heterocycles. The number of hydrogen-bond donors (Lipinski definition) is 1. The van der Waals surface area contributed by atoms with Crippen molar-refractivity contribution in [2.75, 3.05) is 0 Å². The fourth-order valence-electron chi connectivity index (χ4n) is 2.91. The van der Waals surface area contributed by atoms with Crippen LogP contribution in [0.2, 0.25) is 0 Å². The van der Waals surface area contributed by atoms with E-state index < -0.39 is 0 Å². The zero-order chi connectivity index (χ0) is 20.2. The third kappa shape index (κ3) is 4.41. The lowest BCUT2D eigenvalue weighted by atomic mass is 10.1. The molecule has 1 amide bonds. The highest BCUT2D eigenvalue weighted by molar-refractivity contribution is 5.94. The minimum Gasteiger partial charge on any atom is -0.416 e. The van der Waals surface area contributed by atoms with Gasteiger partial charge in [0.15, 0.2) is 0 Å². The van der Waals surface area contributed by atoms with Gasteiger partial charge in [-0.3, -0.25) is 4.79 Å². The highest BCUT2D eigenvalue weighted by Gasteiger charge is 2.12. The number of nitrogens with zero attached hydrogens (tertiary/aromatic N) is 2. The Hall–Kier alpha value is -3.73. The van der Waals surface area contributed by atoms with Gasteiger partial charge in [-0.05, 0) is 55.8 Å². The number of benzene rings is 3. The Kier molecular flexibility index (Phi) is 5.20. The van der Waals surface area contributed by atoms with Crippen LogP contribution < -0.4 is 5.32 Å². The molecule has 0 aliphatic carbocycles. The third-order valence-electron chi connectivity index (χ3n) is 4.69. The molecule has 0 radical (unpaired) electrons. The topological polar surface area (TPSA) is 68.0 Å². The molecule has 5 heteroatoms. The Bertz CT molecular complexity index is 1110. The second-order valence-electron chi connectivity index (χ2n) is 7.02. The van der Waals surface area contributed by atoms with Gasteiger partial charge in [0.2, 0.25) is 11.8 Å². The highest BCUT2D eigenvalue weighted by atomic mass is 16.4. The van der Waals surface area contributed by atoms with E-state index >= 15 is 0 Å². The SMILES string of the molecule is Cc1ccc(CNC(=O)c2ccc(-c3nnc(-c4ccc(C)cc4)o3)cc2)cc1. The average molecular weight is 383 g/mol. The summed E-state index contributed by atoms with van der Waals surface area (Å²) in [5, 5.41) is 11.2. The maximum absolute atomic E-state index is 12.4. The zero-order valence-electron chi connectivity index (χ0n) is 16.3. The summed E-state index contributed by atoms with van der Waals surface area (Å²) in [6.45, 7) is 4.56. The summed E-state index contributed by atoms with van der Waals surface area (Å²) in [6, 6.07) is 23.1. The van der Waals surface area contributed by atoms with Gasteiger partial charge >= 0.3 is 0 Å². The molecule has 1 N–H and O–H groups in total. The molecule has 0 aliphatic rings. The van der Waals surface area contributed by atoms with Gasteiger partial charge < -0.3 is 9.73 Å². The molecule has 29 heavy (non-hydrogen) atoms. The Morgan fingerprint density at radius 3 is 1.79 bits per heavy atom. The molecule has 5 nitrogen and oxygen atoms in total. The summed E-state index contributed by atoms with van der Waals surface area (Å²) in [7, 11) is 0. The van der Waals surface area contributed by atoms with Crippen molar-refractivity contribution in [1.29, 1.82) is 0 Å². The normalized spacial score (nSPS) is 10.7. The van der Waals surface area contributed by atoms with Crippen molar-refractivity contribution >= 4 is 5.91 Å². The van der Waals surface area contributed by atoms with Crippen LogP contribution in [0, 0.1) is 13.8 Å². The Labute approximate surface area is 169 Å². The molecule has 0 spiro atoms. The van der Waals surface area contributed by atoms with Gasteiger partial charge in [-0.1, -0.05) is 47.5 Å². The first kappa shape index (κ1) is 18.6. The second-order valence-corrected chi connectivity index (χ2v) is 7.02. The fraction of sp³-hybridized carbons (Fsp3) is 0.125. The number of carbonyl (C=O) groups is 1. The summed E-state index contributed by atoms with van der Waals surface area (Å²) in [4.78, 5) is 12.4. The number of aryl methyl sites for hydroxylation is 2. The van der Waals surface area contributed by atoms with Crippen LogP contribution in [0.25, 0.3) is 22.9 Å². The first-order valence-electron chi connectivity index (χ1n) is 9.43. The van der Waals surface area contributed by atoms with E-state index in [2.05, 4.69) is 15.5 Å². The van der Waals surface area contributed by atoms with Crippen molar-refractivity contribution in [2.24, 2.45) is 0 Å². The van der Waals surface area contributed by atoms with Crippen molar-refractivity contribution in [1.82, 2.24) is 15.5 Å². The molecule has 0 unspecified atom stereocenters. The Morgan fingerprint density at radius 1 is 0.759 bits per heavy atom. The summed E-state index contributed by atoms with van der Waals surface area (Å²) in [6.07, 6.45) is 0. The first-order chi connectivity index (χ1) is 14.1. The lowest BCUT2D eigenvalue weighted by Crippen LogP contribution is -2.22. The predicted octanol–water partition coefficient (Wildman–Crippen LogP) is 4.95. The monoisotopic (exact) mass is 383 g/mol. The lowest BCUT2D eigenvalue weighted by Gasteiger charge is -2.06. The smallest absolute Gasteiger partial charge is 0.251 e. The van der Waals surface area contributed by atoms with Gasteiger partial charge in [0.25, 0.3) is 5.91 Å². The van der Waals surface area contributed by atoms with Crippen LogP contribution in [0.15, 0.2) is 77.2 Å². The van der Waals surface area contributed by atoms with E-state index in [1.54, 1.807) is 12.1 Å². The van der Waals surface area contributed by atoms with Gasteiger partial charge in [-0.25, -0.2) is 0 Å². The van der Waals surface area contributed by atoms with Gasteiger partial charge in [-0.2, -0.15) is 0 Å². The standard InChI is InChI=1S/C24H21N3O2/c1-16-3-7-18(8-4-16)15-25-22(28)19-11-13-21(14-12-19)24-27-26-23(29-24)20-9-5-17(2)6-10-20/h3-14H,15H2,1-2H3,(H,25,28). The predicted molar refractivity (Wildman–Crippen MR) is 112 cm³/mol. The van der Waals surface area contributed by atoms with E-state index in [-0.39, 0.29) is 5.91 Å². The second kappa shape index (κ2) is 8.10. The van der Waals surface area contributed by atoms with E-state index in [4.69, 9.17) is 4.42 Å². The molecule has 0 saturated carbocycles. The van der Waals surface area contributed by atoms with Crippen LogP contribution in [0.1, 0.15) is 27.0 Å². The molecule has 3 aromatic carbocycles. The molecule has 0 bridgehead atoms. The summed E-state index contributed by atoms with van der Waals surface area (Å²) >= 11 is 0. The number of rotatable bonds is 5. The molecule has 0 saturated heterocycles. The molecular weight excluding hydrogens is 362 g/mol. The van der Waals surface area contributed by atoms with E-state index in [1.807, 2.05) is 74.5 Å². The van der Waals surface area contributed by atoms with Crippen LogP contribution in [0.3, 0.4) is 0 Å². The van der Waals surface area contributed by atoms with Crippen LogP contribution in [0.4, 0.5) is 0 Å². The van der Waals surface area contributed by atoms with Crippen molar-refractivity contribution in [2.45, 2.75) is 20.4 Å². The highest BCUT2D eigenvalue weighted by Crippen LogP contribution is 2.24. The van der Waals surface area contributed by atoms with E-state index in [0.717, 1.165) is 16.7 Å². The molecular formula is C24H21N3O2. The maximum atomic E-state index is 12.4. The summed E-state index contributed by atoms with van der Waals surface area (Å²) in [5.41, 5.74) is 5.66. The quantitative estimate of drug-likeness (QED) is 0.529. The number of hydrogen-bond acceptors (Lipinski definition) is 4. The number of amides is 1. The summed E-state index contributed by atoms with van der Waals surface area (Å²) < 4.78 is 5.79.